The van der Waals surface area contributed by atoms with Crippen molar-refractivity contribution in [1.29, 1.82) is 0 Å². The zero-order valence-electron chi connectivity index (χ0n) is 15.4. The molecule has 7 heteroatoms. The van der Waals surface area contributed by atoms with Crippen LogP contribution in [0, 0.1) is 5.92 Å². The summed E-state index contributed by atoms with van der Waals surface area (Å²) < 4.78 is 0. The van der Waals surface area contributed by atoms with Crippen molar-refractivity contribution in [2.75, 3.05) is 11.9 Å². The largest absolute Gasteiger partial charge is 0.342 e. The lowest BCUT2D eigenvalue weighted by molar-refractivity contribution is -0.148. The smallest absolute Gasteiger partial charge is 0.319 e. The Bertz CT molecular complexity index is 718. The number of carbonyl (C=O) groups excluding carboxylic acids is 3. The maximum Gasteiger partial charge on any atom is 0.319 e. The third-order valence-corrected chi connectivity index (χ3v) is 5.05. The first-order valence-corrected chi connectivity index (χ1v) is 9.16. The van der Waals surface area contributed by atoms with Gasteiger partial charge in [0.25, 0.3) is 0 Å². The molecular formula is C19H26N4O3. The maximum absolute atomic E-state index is 12.6. The van der Waals surface area contributed by atoms with E-state index in [9.17, 15) is 14.4 Å². The van der Waals surface area contributed by atoms with Crippen LogP contribution in [-0.2, 0) is 16.0 Å². The van der Waals surface area contributed by atoms with Gasteiger partial charge in [0.1, 0.15) is 12.1 Å². The number of urea groups is 1. The Morgan fingerprint density at radius 1 is 1.35 bits per heavy atom. The normalized spacial score (nSPS) is 25.1. The molecule has 2 heterocycles. The summed E-state index contributed by atoms with van der Waals surface area (Å²) in [5.41, 5.74) is 1.87. The van der Waals surface area contributed by atoms with Crippen molar-refractivity contribution in [2.45, 2.75) is 51.7 Å². The van der Waals surface area contributed by atoms with Crippen molar-refractivity contribution in [3.63, 3.8) is 0 Å². The van der Waals surface area contributed by atoms with Crippen molar-refractivity contribution >= 4 is 23.5 Å². The number of benzene rings is 1. The molecule has 2 aliphatic heterocycles. The highest BCUT2D eigenvalue weighted by Crippen LogP contribution is 2.25. The fraction of sp³-hybridized carbons (Fsp3) is 0.526. The van der Waals surface area contributed by atoms with E-state index in [1.807, 2.05) is 38.1 Å². The number of nitrogens with zero attached hydrogens (tertiary/aromatic N) is 1. The molecule has 140 valence electrons. The number of fused-ring (bicyclic) bond motifs is 1. The van der Waals surface area contributed by atoms with Crippen LogP contribution in [0.3, 0.4) is 0 Å². The number of amides is 4. The molecule has 0 saturated carbocycles. The Kier molecular flexibility index (Phi) is 5.15. The van der Waals surface area contributed by atoms with Crippen molar-refractivity contribution in [3.8, 4) is 0 Å². The first kappa shape index (κ1) is 18.2. The summed E-state index contributed by atoms with van der Waals surface area (Å²) in [5, 5.41) is 8.51. The Morgan fingerprint density at radius 2 is 2.12 bits per heavy atom. The molecule has 0 aromatic heterocycles. The second-order valence-electron chi connectivity index (χ2n) is 7.32. The van der Waals surface area contributed by atoms with Gasteiger partial charge in [-0.15, -0.1) is 0 Å². The van der Waals surface area contributed by atoms with Crippen LogP contribution < -0.4 is 16.0 Å². The molecule has 3 rings (SSSR count). The monoisotopic (exact) mass is 358 g/mol. The molecule has 4 amide bonds. The molecule has 2 saturated heterocycles. The van der Waals surface area contributed by atoms with Gasteiger partial charge in [0.2, 0.25) is 11.8 Å². The zero-order valence-corrected chi connectivity index (χ0v) is 15.4. The highest BCUT2D eigenvalue weighted by molar-refractivity contribution is 5.98. The van der Waals surface area contributed by atoms with Crippen LogP contribution in [0.4, 0.5) is 10.5 Å². The number of anilines is 1. The molecule has 3 N–H and O–H groups in total. The molecule has 1 aromatic rings. The predicted octanol–water partition coefficient (Wildman–Crippen LogP) is 1.49. The zero-order chi connectivity index (χ0) is 18.8. The van der Waals surface area contributed by atoms with E-state index in [1.54, 1.807) is 4.90 Å². The second-order valence-corrected chi connectivity index (χ2v) is 7.32. The molecule has 0 bridgehead atoms. The average Bonchev–Trinajstić information content (AvgIpc) is 3.02. The molecule has 0 radical (unpaired) electrons. The predicted molar refractivity (Wildman–Crippen MR) is 98.6 cm³/mol. The Morgan fingerprint density at radius 3 is 2.81 bits per heavy atom. The van der Waals surface area contributed by atoms with Crippen LogP contribution in [0.25, 0.3) is 0 Å². The van der Waals surface area contributed by atoms with Gasteiger partial charge in [-0.05, 0) is 36.5 Å². The van der Waals surface area contributed by atoms with E-state index in [1.165, 1.54) is 0 Å². The van der Waals surface area contributed by atoms with Gasteiger partial charge in [0, 0.05) is 12.2 Å². The topological polar surface area (TPSA) is 90.5 Å². The number of piperazine rings is 1. The molecular weight excluding hydrogens is 332 g/mol. The molecule has 2 fully saturated rings. The molecule has 2 aliphatic rings. The minimum absolute atomic E-state index is 0.0357. The minimum atomic E-state index is -0.494. The Balaban J connectivity index is 1.61. The maximum atomic E-state index is 12.6. The van der Waals surface area contributed by atoms with E-state index in [0.717, 1.165) is 17.7 Å². The fourth-order valence-corrected chi connectivity index (χ4v) is 3.60. The van der Waals surface area contributed by atoms with E-state index in [-0.39, 0.29) is 29.8 Å². The van der Waals surface area contributed by atoms with Gasteiger partial charge in [0.05, 0.1) is 6.04 Å². The van der Waals surface area contributed by atoms with E-state index < -0.39 is 12.1 Å². The van der Waals surface area contributed by atoms with Crippen LogP contribution in [0.15, 0.2) is 24.3 Å². The number of aryl methyl sites for hydroxylation is 1. The minimum Gasteiger partial charge on any atom is -0.342 e. The number of carbonyl (C=O) groups is 3. The summed E-state index contributed by atoms with van der Waals surface area (Å²) in [6.07, 6.45) is 1.33. The van der Waals surface area contributed by atoms with Crippen molar-refractivity contribution in [1.82, 2.24) is 15.5 Å². The van der Waals surface area contributed by atoms with Gasteiger partial charge in [0.15, 0.2) is 0 Å². The Labute approximate surface area is 153 Å². The van der Waals surface area contributed by atoms with E-state index in [0.29, 0.717) is 13.0 Å². The number of hydrogen-bond donors (Lipinski definition) is 3. The van der Waals surface area contributed by atoms with Crippen molar-refractivity contribution < 1.29 is 14.4 Å². The van der Waals surface area contributed by atoms with Crippen LogP contribution in [-0.4, -0.2) is 47.4 Å². The highest BCUT2D eigenvalue weighted by atomic mass is 16.2. The third-order valence-electron chi connectivity index (χ3n) is 5.05. The first-order valence-electron chi connectivity index (χ1n) is 9.16. The summed E-state index contributed by atoms with van der Waals surface area (Å²) in [6.45, 7) is 6.24. The van der Waals surface area contributed by atoms with E-state index in [2.05, 4.69) is 22.9 Å². The summed E-state index contributed by atoms with van der Waals surface area (Å²) in [4.78, 5) is 38.8. The first-order chi connectivity index (χ1) is 12.4. The van der Waals surface area contributed by atoms with Crippen molar-refractivity contribution in [2.24, 2.45) is 5.92 Å². The number of hydrogen-bond acceptors (Lipinski definition) is 3. The van der Waals surface area contributed by atoms with Crippen LogP contribution in [0.1, 0.15) is 32.8 Å². The summed E-state index contributed by atoms with van der Waals surface area (Å²) in [7, 11) is 0. The number of nitrogens with one attached hydrogen (secondary N) is 3. The third kappa shape index (κ3) is 3.66. The fourth-order valence-electron chi connectivity index (χ4n) is 3.60. The highest BCUT2D eigenvalue weighted by Gasteiger charge is 2.47. The van der Waals surface area contributed by atoms with Crippen LogP contribution in [0.5, 0.6) is 0 Å². The number of rotatable bonds is 4. The summed E-state index contributed by atoms with van der Waals surface area (Å²) >= 11 is 0. The van der Waals surface area contributed by atoms with Gasteiger partial charge in [-0.3, -0.25) is 9.59 Å². The quantitative estimate of drug-likeness (QED) is 0.762. The van der Waals surface area contributed by atoms with E-state index >= 15 is 0 Å². The van der Waals surface area contributed by atoms with Gasteiger partial charge >= 0.3 is 6.03 Å². The van der Waals surface area contributed by atoms with Gasteiger partial charge in [-0.1, -0.05) is 32.9 Å². The lowest BCUT2D eigenvalue weighted by Crippen LogP contribution is -2.62. The molecule has 26 heavy (non-hydrogen) atoms. The molecule has 0 spiro atoms. The molecule has 0 aliphatic carbocycles. The van der Waals surface area contributed by atoms with Crippen LogP contribution in [0.2, 0.25) is 0 Å². The SMILES string of the molecule is CCc1cccc(NC(=O)N[C@H]2C[C@H]3C(=O)N[C@H](C(C)C)C(=O)N3C2)c1. The Hall–Kier alpha value is -2.57. The van der Waals surface area contributed by atoms with E-state index in [4.69, 9.17) is 0 Å². The van der Waals surface area contributed by atoms with Gasteiger partial charge in [-0.2, -0.15) is 0 Å². The standard InChI is InChI=1S/C19H26N4O3/c1-4-12-6-5-7-13(8-12)20-19(26)21-14-9-15-17(24)22-16(11(2)3)18(25)23(15)10-14/h5-8,11,14-16H,4,9-10H2,1-3H3,(H,22,24)(H2,20,21,26)/t14-,15-,16+/m0/s1. The van der Waals surface area contributed by atoms with Crippen molar-refractivity contribution in [3.05, 3.63) is 29.8 Å². The van der Waals surface area contributed by atoms with Gasteiger partial charge < -0.3 is 20.9 Å². The molecule has 7 nitrogen and oxygen atoms in total. The second kappa shape index (κ2) is 7.35. The summed E-state index contributed by atoms with van der Waals surface area (Å²) in [5.74, 6) is -0.165. The lowest BCUT2D eigenvalue weighted by Gasteiger charge is -2.36. The van der Waals surface area contributed by atoms with Crippen LogP contribution >= 0.6 is 0 Å². The summed E-state index contributed by atoms with van der Waals surface area (Å²) in [6, 6.07) is 6.13. The average molecular weight is 358 g/mol. The lowest BCUT2D eigenvalue weighted by atomic mass is 9.98. The molecule has 0 unspecified atom stereocenters. The molecule has 3 atom stereocenters. The molecule has 1 aromatic carbocycles. The van der Waals surface area contributed by atoms with Gasteiger partial charge in [-0.25, -0.2) is 4.79 Å².